The molecule has 1 saturated heterocycles. The highest BCUT2D eigenvalue weighted by Gasteiger charge is 2.22. The van der Waals surface area contributed by atoms with E-state index in [0.29, 0.717) is 13.2 Å². The molecule has 2 aliphatic rings. The molecule has 1 aromatic rings. The lowest BCUT2D eigenvalue weighted by molar-refractivity contribution is 0.0764. The van der Waals surface area contributed by atoms with Crippen molar-refractivity contribution < 1.29 is 14.2 Å². The SMILES string of the molecule is N#CC1CN(c2ccc3c(c2)OCO3)CCO1. The van der Waals surface area contributed by atoms with Crippen LogP contribution in [0, 0.1) is 11.3 Å². The molecule has 0 radical (unpaired) electrons. The van der Waals surface area contributed by atoms with Gasteiger partial charge in [-0.05, 0) is 12.1 Å². The van der Waals surface area contributed by atoms with Crippen molar-refractivity contribution in [2.45, 2.75) is 6.10 Å². The van der Waals surface area contributed by atoms with Crippen molar-refractivity contribution in [3.05, 3.63) is 18.2 Å². The van der Waals surface area contributed by atoms with E-state index in [0.717, 1.165) is 23.7 Å². The van der Waals surface area contributed by atoms with Crippen LogP contribution in [0.5, 0.6) is 11.5 Å². The van der Waals surface area contributed by atoms with Gasteiger partial charge in [-0.25, -0.2) is 0 Å². The molecule has 5 nitrogen and oxygen atoms in total. The minimum atomic E-state index is -0.353. The van der Waals surface area contributed by atoms with E-state index in [9.17, 15) is 0 Å². The Kier molecular flexibility index (Phi) is 2.50. The quantitative estimate of drug-likeness (QED) is 0.726. The van der Waals surface area contributed by atoms with Gasteiger partial charge in [-0.15, -0.1) is 0 Å². The summed E-state index contributed by atoms with van der Waals surface area (Å²) < 4.78 is 15.9. The van der Waals surface area contributed by atoms with E-state index in [-0.39, 0.29) is 12.9 Å². The Morgan fingerprint density at radius 1 is 1.29 bits per heavy atom. The topological polar surface area (TPSA) is 54.7 Å². The van der Waals surface area contributed by atoms with Crippen LogP contribution in [0.1, 0.15) is 0 Å². The number of anilines is 1. The van der Waals surface area contributed by atoms with Crippen LogP contribution < -0.4 is 14.4 Å². The van der Waals surface area contributed by atoms with E-state index in [2.05, 4.69) is 11.0 Å². The normalized spacial score (nSPS) is 22.3. The van der Waals surface area contributed by atoms with E-state index < -0.39 is 0 Å². The number of hydrogen-bond acceptors (Lipinski definition) is 5. The Morgan fingerprint density at radius 3 is 3.06 bits per heavy atom. The third-order valence-corrected chi connectivity index (χ3v) is 2.93. The summed E-state index contributed by atoms with van der Waals surface area (Å²) in [5.74, 6) is 1.54. The molecule has 1 aromatic carbocycles. The smallest absolute Gasteiger partial charge is 0.231 e. The van der Waals surface area contributed by atoms with Crippen molar-refractivity contribution in [1.82, 2.24) is 0 Å². The summed E-state index contributed by atoms with van der Waals surface area (Å²) in [7, 11) is 0. The molecule has 0 amide bonds. The zero-order valence-electron chi connectivity index (χ0n) is 9.26. The van der Waals surface area contributed by atoms with Crippen molar-refractivity contribution in [2.24, 2.45) is 0 Å². The maximum absolute atomic E-state index is 8.86. The molecule has 1 fully saturated rings. The van der Waals surface area contributed by atoms with E-state index in [4.69, 9.17) is 19.5 Å². The molecule has 0 saturated carbocycles. The molecule has 1 unspecified atom stereocenters. The number of nitriles is 1. The molecule has 0 aromatic heterocycles. The van der Waals surface area contributed by atoms with E-state index in [1.165, 1.54) is 0 Å². The van der Waals surface area contributed by atoms with Crippen LogP contribution in [0.15, 0.2) is 18.2 Å². The number of rotatable bonds is 1. The van der Waals surface area contributed by atoms with Crippen LogP contribution in [0.3, 0.4) is 0 Å². The lowest BCUT2D eigenvalue weighted by atomic mass is 10.2. The third kappa shape index (κ3) is 1.87. The Bertz CT molecular complexity index is 469. The van der Waals surface area contributed by atoms with Gasteiger partial charge in [0.25, 0.3) is 0 Å². The first-order valence-electron chi connectivity index (χ1n) is 5.52. The first-order valence-corrected chi connectivity index (χ1v) is 5.52. The summed E-state index contributed by atoms with van der Waals surface area (Å²) in [4.78, 5) is 2.12. The Labute approximate surface area is 99.1 Å². The average Bonchev–Trinajstić information content (AvgIpc) is 2.86. The van der Waals surface area contributed by atoms with Gasteiger partial charge in [0.05, 0.1) is 19.2 Å². The second-order valence-corrected chi connectivity index (χ2v) is 3.97. The Hall–Kier alpha value is -1.93. The Morgan fingerprint density at radius 2 is 2.18 bits per heavy atom. The van der Waals surface area contributed by atoms with Crippen LogP contribution in [-0.2, 0) is 4.74 Å². The van der Waals surface area contributed by atoms with Gasteiger partial charge in [0.15, 0.2) is 17.6 Å². The maximum Gasteiger partial charge on any atom is 0.231 e. The Balaban J connectivity index is 1.82. The number of morpholine rings is 1. The molecule has 88 valence electrons. The van der Waals surface area contributed by atoms with Gasteiger partial charge in [-0.3, -0.25) is 0 Å². The van der Waals surface area contributed by atoms with Crippen molar-refractivity contribution >= 4 is 5.69 Å². The van der Waals surface area contributed by atoms with E-state index >= 15 is 0 Å². The van der Waals surface area contributed by atoms with Crippen molar-refractivity contribution in [2.75, 3.05) is 31.4 Å². The first-order chi connectivity index (χ1) is 8.36. The molecule has 2 heterocycles. The summed E-state index contributed by atoms with van der Waals surface area (Å²) in [6.07, 6.45) is -0.353. The maximum atomic E-state index is 8.86. The van der Waals surface area contributed by atoms with Gasteiger partial charge < -0.3 is 19.1 Å². The first kappa shape index (κ1) is 10.2. The molecule has 17 heavy (non-hydrogen) atoms. The average molecular weight is 232 g/mol. The fourth-order valence-electron chi connectivity index (χ4n) is 2.04. The molecule has 0 aliphatic carbocycles. The van der Waals surface area contributed by atoms with Crippen molar-refractivity contribution in [3.8, 4) is 17.6 Å². The second kappa shape index (κ2) is 4.15. The molecular formula is C12H12N2O3. The molecule has 0 N–H and O–H groups in total. The zero-order chi connectivity index (χ0) is 11.7. The number of ether oxygens (including phenoxy) is 3. The fourth-order valence-corrected chi connectivity index (χ4v) is 2.04. The largest absolute Gasteiger partial charge is 0.454 e. The van der Waals surface area contributed by atoms with Crippen LogP contribution >= 0.6 is 0 Å². The van der Waals surface area contributed by atoms with Gasteiger partial charge >= 0.3 is 0 Å². The molecular weight excluding hydrogens is 220 g/mol. The fraction of sp³-hybridized carbons (Fsp3) is 0.417. The van der Waals surface area contributed by atoms with Gasteiger partial charge in [-0.2, -0.15) is 5.26 Å². The number of nitrogens with zero attached hydrogens (tertiary/aromatic N) is 2. The van der Waals surface area contributed by atoms with E-state index in [1.807, 2.05) is 18.2 Å². The van der Waals surface area contributed by atoms with Gasteiger partial charge in [0.1, 0.15) is 0 Å². The molecule has 3 rings (SSSR count). The third-order valence-electron chi connectivity index (χ3n) is 2.93. The van der Waals surface area contributed by atoms with Crippen LogP contribution in [0.25, 0.3) is 0 Å². The lowest BCUT2D eigenvalue weighted by Crippen LogP contribution is -2.41. The van der Waals surface area contributed by atoms with Gasteiger partial charge in [-0.1, -0.05) is 0 Å². The monoisotopic (exact) mass is 232 g/mol. The predicted molar refractivity (Wildman–Crippen MR) is 60.1 cm³/mol. The molecule has 5 heteroatoms. The second-order valence-electron chi connectivity index (χ2n) is 3.97. The standard InChI is InChI=1S/C12H12N2O3/c13-6-10-7-14(3-4-15-10)9-1-2-11-12(5-9)17-8-16-11/h1-2,5,10H,3-4,7-8H2. The summed E-state index contributed by atoms with van der Waals surface area (Å²) in [5, 5.41) is 8.86. The molecule has 2 aliphatic heterocycles. The minimum Gasteiger partial charge on any atom is -0.454 e. The van der Waals surface area contributed by atoms with Crippen molar-refractivity contribution in [3.63, 3.8) is 0 Å². The van der Waals surface area contributed by atoms with E-state index in [1.54, 1.807) is 0 Å². The summed E-state index contributed by atoms with van der Waals surface area (Å²) >= 11 is 0. The van der Waals surface area contributed by atoms with Crippen molar-refractivity contribution in [1.29, 1.82) is 5.26 Å². The molecule has 1 atom stereocenters. The zero-order valence-corrected chi connectivity index (χ0v) is 9.26. The molecule has 0 bridgehead atoms. The number of benzene rings is 1. The number of fused-ring (bicyclic) bond motifs is 1. The predicted octanol–water partition coefficient (Wildman–Crippen LogP) is 1.14. The summed E-state index contributed by atoms with van der Waals surface area (Å²) in [6.45, 7) is 2.24. The molecule has 0 spiro atoms. The summed E-state index contributed by atoms with van der Waals surface area (Å²) in [5.41, 5.74) is 1.04. The highest BCUT2D eigenvalue weighted by atomic mass is 16.7. The summed E-state index contributed by atoms with van der Waals surface area (Å²) in [6, 6.07) is 7.96. The van der Waals surface area contributed by atoms with Crippen LogP contribution in [0.4, 0.5) is 5.69 Å². The van der Waals surface area contributed by atoms with Gasteiger partial charge in [0, 0.05) is 18.3 Å². The van der Waals surface area contributed by atoms with Gasteiger partial charge in [0.2, 0.25) is 6.79 Å². The van der Waals surface area contributed by atoms with Crippen LogP contribution in [0.2, 0.25) is 0 Å². The highest BCUT2D eigenvalue weighted by molar-refractivity contribution is 5.57. The lowest BCUT2D eigenvalue weighted by Gasteiger charge is -2.31. The van der Waals surface area contributed by atoms with Crippen LogP contribution in [-0.4, -0.2) is 32.6 Å². The highest BCUT2D eigenvalue weighted by Crippen LogP contribution is 2.35. The minimum absolute atomic E-state index is 0.280. The number of hydrogen-bond donors (Lipinski definition) is 0.